The van der Waals surface area contributed by atoms with E-state index in [2.05, 4.69) is 20.9 Å². The molecule has 0 fully saturated rings. The molecule has 0 radical (unpaired) electrons. The average Bonchev–Trinajstić information content (AvgIpc) is 3.00. The molecule has 0 bridgehead atoms. The van der Waals surface area contributed by atoms with Gasteiger partial charge < -0.3 is 20.5 Å². The molecule has 0 aliphatic heterocycles. The van der Waals surface area contributed by atoms with Gasteiger partial charge in [0.25, 0.3) is 0 Å². The molecule has 0 aliphatic rings. The third-order valence-electron chi connectivity index (χ3n) is 3.64. The van der Waals surface area contributed by atoms with E-state index in [1.807, 2.05) is 36.0 Å². The molecular weight excluding hydrogens is 330 g/mol. The maximum Gasteiger partial charge on any atom is 0.323 e. The largest absolute Gasteiger partial charge is 0.334 e. The second kappa shape index (κ2) is 7.52. The van der Waals surface area contributed by atoms with Gasteiger partial charge in [-0.3, -0.25) is 4.79 Å². The van der Waals surface area contributed by atoms with Crippen molar-refractivity contribution in [1.82, 2.24) is 9.55 Å². The molecular formula is C19H19N5O2. The number of imidazole rings is 1. The molecule has 0 aliphatic carbocycles. The molecule has 7 heteroatoms. The fourth-order valence-electron chi connectivity index (χ4n) is 2.55. The molecule has 132 valence electrons. The lowest BCUT2D eigenvalue weighted by Gasteiger charge is -2.10. The van der Waals surface area contributed by atoms with Crippen molar-refractivity contribution in [3.63, 3.8) is 0 Å². The van der Waals surface area contributed by atoms with Gasteiger partial charge in [0, 0.05) is 49.0 Å². The monoisotopic (exact) mass is 349 g/mol. The Bertz CT molecular complexity index is 948. The van der Waals surface area contributed by atoms with Gasteiger partial charge in [-0.05, 0) is 30.3 Å². The zero-order chi connectivity index (χ0) is 18.5. The van der Waals surface area contributed by atoms with Crippen LogP contribution in [0.15, 0.2) is 60.9 Å². The molecule has 0 saturated heterocycles. The molecule has 0 saturated carbocycles. The van der Waals surface area contributed by atoms with Crippen molar-refractivity contribution in [3.8, 4) is 11.4 Å². The molecule has 3 N–H and O–H groups in total. The van der Waals surface area contributed by atoms with E-state index in [4.69, 9.17) is 0 Å². The highest BCUT2D eigenvalue weighted by molar-refractivity contribution is 6.00. The van der Waals surface area contributed by atoms with E-state index in [1.54, 1.807) is 36.5 Å². The Morgan fingerprint density at radius 3 is 2.15 bits per heavy atom. The maximum absolute atomic E-state index is 12.2. The number of rotatable bonds is 4. The third kappa shape index (κ3) is 4.27. The first-order valence-electron chi connectivity index (χ1n) is 8.05. The number of aromatic nitrogens is 2. The Hall–Kier alpha value is -3.61. The Morgan fingerprint density at radius 2 is 1.54 bits per heavy atom. The van der Waals surface area contributed by atoms with Crippen molar-refractivity contribution < 1.29 is 9.59 Å². The van der Waals surface area contributed by atoms with Gasteiger partial charge in [0.2, 0.25) is 5.91 Å². The van der Waals surface area contributed by atoms with Crippen molar-refractivity contribution in [2.24, 2.45) is 7.05 Å². The van der Waals surface area contributed by atoms with Gasteiger partial charge in [0.05, 0.1) is 0 Å². The molecule has 1 aromatic heterocycles. The smallest absolute Gasteiger partial charge is 0.323 e. The summed E-state index contributed by atoms with van der Waals surface area (Å²) in [5.74, 6) is 0.648. The molecule has 3 amide bonds. The van der Waals surface area contributed by atoms with Crippen LogP contribution in [0.25, 0.3) is 11.4 Å². The van der Waals surface area contributed by atoms with Gasteiger partial charge in [0.15, 0.2) is 0 Å². The summed E-state index contributed by atoms with van der Waals surface area (Å²) >= 11 is 0. The molecule has 0 spiro atoms. The Labute approximate surface area is 151 Å². The second-order valence-electron chi connectivity index (χ2n) is 5.78. The van der Waals surface area contributed by atoms with E-state index in [-0.39, 0.29) is 11.9 Å². The summed E-state index contributed by atoms with van der Waals surface area (Å²) in [6, 6.07) is 14.0. The fraction of sp³-hybridized carbons (Fsp3) is 0.105. The lowest BCUT2D eigenvalue weighted by Crippen LogP contribution is -2.19. The van der Waals surface area contributed by atoms with Crippen LogP contribution < -0.4 is 16.0 Å². The topological polar surface area (TPSA) is 88.1 Å². The molecule has 7 nitrogen and oxygen atoms in total. The van der Waals surface area contributed by atoms with Crippen LogP contribution in [0.2, 0.25) is 0 Å². The minimum atomic E-state index is -0.373. The van der Waals surface area contributed by atoms with Crippen molar-refractivity contribution in [3.05, 3.63) is 60.9 Å². The van der Waals surface area contributed by atoms with E-state index in [0.717, 1.165) is 11.4 Å². The normalized spacial score (nSPS) is 10.2. The SMILES string of the molecule is CC(=O)Nc1cccc(NC(=O)Nc2cccc(-c3nccn3C)c2)c1. The quantitative estimate of drug-likeness (QED) is 0.671. The summed E-state index contributed by atoms with van der Waals surface area (Å²) in [6.45, 7) is 1.43. The molecule has 2 aromatic carbocycles. The summed E-state index contributed by atoms with van der Waals surface area (Å²) in [5, 5.41) is 8.22. The number of nitrogens with one attached hydrogen (secondary N) is 3. The number of aryl methyl sites for hydroxylation is 1. The van der Waals surface area contributed by atoms with Gasteiger partial charge in [-0.25, -0.2) is 9.78 Å². The first kappa shape index (κ1) is 17.2. The number of amides is 3. The van der Waals surface area contributed by atoms with Crippen LogP contribution in [0, 0.1) is 0 Å². The van der Waals surface area contributed by atoms with Gasteiger partial charge in [-0.1, -0.05) is 18.2 Å². The first-order valence-corrected chi connectivity index (χ1v) is 8.05. The van der Waals surface area contributed by atoms with Gasteiger partial charge in [0.1, 0.15) is 5.82 Å². The summed E-state index contributed by atoms with van der Waals surface area (Å²) in [7, 11) is 1.91. The highest BCUT2D eigenvalue weighted by Crippen LogP contribution is 2.21. The molecule has 3 aromatic rings. The Kier molecular flexibility index (Phi) is 4.98. The van der Waals surface area contributed by atoms with Crippen LogP contribution in [0.5, 0.6) is 0 Å². The number of carbonyl (C=O) groups excluding carboxylic acids is 2. The Balaban J connectivity index is 1.69. The van der Waals surface area contributed by atoms with E-state index < -0.39 is 0 Å². The van der Waals surface area contributed by atoms with Crippen LogP contribution in [-0.4, -0.2) is 21.5 Å². The second-order valence-corrected chi connectivity index (χ2v) is 5.78. The number of nitrogens with zero attached hydrogens (tertiary/aromatic N) is 2. The Morgan fingerprint density at radius 1 is 0.923 bits per heavy atom. The minimum absolute atomic E-state index is 0.169. The molecule has 0 unspecified atom stereocenters. The molecule has 26 heavy (non-hydrogen) atoms. The van der Waals surface area contributed by atoms with E-state index in [9.17, 15) is 9.59 Å². The average molecular weight is 349 g/mol. The fourth-order valence-corrected chi connectivity index (χ4v) is 2.55. The van der Waals surface area contributed by atoms with E-state index in [0.29, 0.717) is 17.1 Å². The summed E-state index contributed by atoms with van der Waals surface area (Å²) in [5.41, 5.74) is 2.75. The number of anilines is 3. The lowest BCUT2D eigenvalue weighted by atomic mass is 10.2. The van der Waals surface area contributed by atoms with E-state index in [1.165, 1.54) is 6.92 Å². The predicted octanol–water partition coefficient (Wildman–Crippen LogP) is 3.69. The predicted molar refractivity (Wildman–Crippen MR) is 102 cm³/mol. The third-order valence-corrected chi connectivity index (χ3v) is 3.64. The van der Waals surface area contributed by atoms with Crippen molar-refractivity contribution in [1.29, 1.82) is 0 Å². The maximum atomic E-state index is 12.2. The van der Waals surface area contributed by atoms with Crippen molar-refractivity contribution in [2.75, 3.05) is 16.0 Å². The van der Waals surface area contributed by atoms with Crippen LogP contribution in [0.3, 0.4) is 0 Å². The van der Waals surface area contributed by atoms with Crippen LogP contribution in [-0.2, 0) is 11.8 Å². The summed E-state index contributed by atoms with van der Waals surface area (Å²) < 4.78 is 1.91. The van der Waals surface area contributed by atoms with Gasteiger partial charge in [-0.2, -0.15) is 0 Å². The highest BCUT2D eigenvalue weighted by atomic mass is 16.2. The number of carbonyl (C=O) groups is 2. The zero-order valence-corrected chi connectivity index (χ0v) is 14.5. The van der Waals surface area contributed by atoms with Crippen molar-refractivity contribution in [2.45, 2.75) is 6.92 Å². The van der Waals surface area contributed by atoms with Crippen LogP contribution in [0.1, 0.15) is 6.92 Å². The first-order chi connectivity index (χ1) is 12.5. The summed E-state index contributed by atoms with van der Waals surface area (Å²) in [4.78, 5) is 27.7. The number of hydrogen-bond donors (Lipinski definition) is 3. The van der Waals surface area contributed by atoms with Crippen LogP contribution in [0.4, 0.5) is 21.9 Å². The van der Waals surface area contributed by atoms with E-state index >= 15 is 0 Å². The highest BCUT2D eigenvalue weighted by Gasteiger charge is 2.07. The van der Waals surface area contributed by atoms with Gasteiger partial charge >= 0.3 is 6.03 Å². The van der Waals surface area contributed by atoms with Gasteiger partial charge in [-0.15, -0.1) is 0 Å². The summed E-state index contributed by atoms with van der Waals surface area (Å²) in [6.07, 6.45) is 3.59. The van der Waals surface area contributed by atoms with Crippen molar-refractivity contribution >= 4 is 29.0 Å². The number of hydrogen-bond acceptors (Lipinski definition) is 3. The number of urea groups is 1. The van der Waals surface area contributed by atoms with Crippen LogP contribution >= 0.6 is 0 Å². The zero-order valence-electron chi connectivity index (χ0n) is 14.5. The molecule has 1 heterocycles. The lowest BCUT2D eigenvalue weighted by molar-refractivity contribution is -0.114. The number of benzene rings is 2. The molecule has 3 rings (SSSR count). The minimum Gasteiger partial charge on any atom is -0.334 e. The standard InChI is InChI=1S/C19H19N5O2/c1-13(25)21-16-7-4-8-17(12-16)23-19(26)22-15-6-3-5-14(11-15)18-20-9-10-24(18)2/h3-12H,1-2H3,(H,21,25)(H2,22,23,26). The molecule has 0 atom stereocenters.